The summed E-state index contributed by atoms with van der Waals surface area (Å²) in [6, 6.07) is 0. The van der Waals surface area contributed by atoms with Crippen molar-refractivity contribution in [3.63, 3.8) is 0 Å². The van der Waals surface area contributed by atoms with E-state index in [-0.39, 0.29) is 34.4 Å². The lowest BCUT2D eigenvalue weighted by molar-refractivity contribution is -0.0500. The summed E-state index contributed by atoms with van der Waals surface area (Å²) in [6.07, 6.45) is -5.71. The predicted molar refractivity (Wildman–Crippen MR) is 138 cm³/mol. The number of H-pyrrole nitrogens is 1. The lowest BCUT2D eigenvalue weighted by Gasteiger charge is -2.25. The van der Waals surface area contributed by atoms with Crippen molar-refractivity contribution < 1.29 is 45.0 Å². The number of halogens is 1. The van der Waals surface area contributed by atoms with Gasteiger partial charge in [0, 0.05) is 13.0 Å². The van der Waals surface area contributed by atoms with Gasteiger partial charge in [-0.05, 0) is 0 Å². The quantitative estimate of drug-likeness (QED) is 0.187. The van der Waals surface area contributed by atoms with Crippen LogP contribution in [0.25, 0.3) is 22.2 Å². The fourth-order valence-electron chi connectivity index (χ4n) is 5.18. The van der Waals surface area contributed by atoms with Gasteiger partial charge in [0.15, 0.2) is 35.7 Å². The molecule has 7 rings (SSSR count). The Morgan fingerprint density at radius 1 is 1.14 bits per heavy atom. The smallest absolute Gasteiger partial charge is 0.382 e. The molecule has 4 aromatic rings. The fraction of sp³-hybridized carbons (Fsp3) is 0.500. The highest BCUT2D eigenvalue weighted by Crippen LogP contribution is 2.50. The number of aromatic amines is 1. The minimum Gasteiger partial charge on any atom is -0.382 e. The van der Waals surface area contributed by atoms with Crippen LogP contribution in [0.1, 0.15) is 18.9 Å². The first-order valence-corrected chi connectivity index (χ1v) is 15.5. The summed E-state index contributed by atoms with van der Waals surface area (Å²) >= 11 is 0. The summed E-state index contributed by atoms with van der Waals surface area (Å²) < 4.78 is 86.5. The normalized spacial score (nSPS) is 34.9. The minimum absolute atomic E-state index is 0.0266. The van der Waals surface area contributed by atoms with E-state index >= 15 is 4.39 Å². The Hall–Kier alpha value is -3.47. The predicted octanol–water partition coefficient (Wildman–Crippen LogP) is -1.20. The number of nitrogens with two attached hydrogens (primary N) is 1. The van der Waals surface area contributed by atoms with Crippen LogP contribution >= 0.6 is 7.82 Å². The van der Waals surface area contributed by atoms with Gasteiger partial charge < -0.3 is 25.1 Å². The molecule has 0 aromatic carbocycles. The van der Waals surface area contributed by atoms with Crippen molar-refractivity contribution in [2.24, 2.45) is 0 Å². The van der Waals surface area contributed by atoms with Crippen LogP contribution in [0.3, 0.4) is 0 Å². The molecule has 0 aliphatic carbocycles. The average Bonchev–Trinajstić information content (AvgIpc) is 3.72. The molecule has 1 unspecified atom stereocenters. The molecule has 3 aliphatic rings. The molecule has 23 heteroatoms. The van der Waals surface area contributed by atoms with Gasteiger partial charge in [0.05, 0.1) is 25.5 Å². The Kier molecular flexibility index (Phi) is 6.79. The van der Waals surface area contributed by atoms with Crippen LogP contribution in [0.2, 0.25) is 0 Å². The molecule has 20 nitrogen and oxygen atoms in total. The maximum absolute atomic E-state index is 15.8. The maximum Gasteiger partial charge on any atom is 0.472 e. The minimum atomic E-state index is -5.00. The standard InChI is InChI=1S/C20H22FN10O10PS/c21-13-15-10(39-20(13)30-7-27-14-16(22)23-5-25-18(14)30)3-29-43(35,36)41-9-1-12(38-11(9)4-37-42(33,34)40-15)31-17-8(2-28-31)19(32)26-6-24-17/h2,5-7,9-13,15,20,29H,1,3-4H2,(H,33,34)(H2,22,23,25)(H,24,26,32)/t9-,10+,11+,12+,13+,15+,20+/m0/s1. The van der Waals surface area contributed by atoms with Gasteiger partial charge in [-0.2, -0.15) is 18.2 Å². The van der Waals surface area contributed by atoms with E-state index in [0.717, 1.165) is 12.7 Å². The van der Waals surface area contributed by atoms with E-state index in [2.05, 4.69) is 34.7 Å². The van der Waals surface area contributed by atoms with Crippen molar-refractivity contribution in [1.82, 2.24) is 44.0 Å². The molecule has 4 aromatic heterocycles. The highest BCUT2D eigenvalue weighted by molar-refractivity contribution is 7.84. The number of imidazole rings is 1. The summed E-state index contributed by atoms with van der Waals surface area (Å²) in [5.74, 6) is 0.0266. The molecule has 0 bridgehead atoms. The third-order valence-electron chi connectivity index (χ3n) is 7.15. The number of nitrogens with zero attached hydrogens (tertiary/aromatic N) is 7. The van der Waals surface area contributed by atoms with Gasteiger partial charge in [0.1, 0.15) is 41.6 Å². The second kappa shape index (κ2) is 10.3. The largest absolute Gasteiger partial charge is 0.472 e. The van der Waals surface area contributed by atoms with Crippen LogP contribution in [0.4, 0.5) is 10.2 Å². The second-order valence-corrected chi connectivity index (χ2v) is 12.6. The summed E-state index contributed by atoms with van der Waals surface area (Å²) in [5.41, 5.74) is 5.76. The van der Waals surface area contributed by atoms with Crippen molar-refractivity contribution in [2.75, 3.05) is 18.9 Å². The number of anilines is 1. The Bertz CT molecular complexity index is 1920. The molecule has 7 heterocycles. The van der Waals surface area contributed by atoms with Crippen LogP contribution < -0.4 is 16.0 Å². The molecule has 3 fully saturated rings. The fourth-order valence-corrected chi connectivity index (χ4v) is 7.10. The molecule has 5 N–H and O–H groups in total. The van der Waals surface area contributed by atoms with Crippen molar-refractivity contribution in [1.29, 1.82) is 0 Å². The van der Waals surface area contributed by atoms with E-state index < -0.39 is 79.9 Å². The molecule has 3 saturated heterocycles. The zero-order valence-electron chi connectivity index (χ0n) is 21.5. The summed E-state index contributed by atoms with van der Waals surface area (Å²) in [6.45, 7) is -1.31. The van der Waals surface area contributed by atoms with Gasteiger partial charge in [-0.3, -0.25) is 22.6 Å². The number of rotatable bonds is 2. The molecule has 230 valence electrons. The van der Waals surface area contributed by atoms with Gasteiger partial charge >= 0.3 is 18.1 Å². The first-order chi connectivity index (χ1) is 20.5. The third-order valence-corrected chi connectivity index (χ3v) is 9.15. The molecular formula is C20H22FN10O10PS. The first kappa shape index (κ1) is 28.3. The van der Waals surface area contributed by atoms with E-state index in [9.17, 15) is 22.7 Å². The molecule has 0 radical (unpaired) electrons. The lowest BCUT2D eigenvalue weighted by atomic mass is 10.1. The molecule has 8 atom stereocenters. The van der Waals surface area contributed by atoms with E-state index in [4.69, 9.17) is 28.4 Å². The Morgan fingerprint density at radius 2 is 1.98 bits per heavy atom. The molecule has 0 spiro atoms. The van der Waals surface area contributed by atoms with E-state index in [1.807, 2.05) is 0 Å². The Balaban J connectivity index is 1.15. The number of phosphoric ester groups is 1. The van der Waals surface area contributed by atoms with Crippen molar-refractivity contribution in [3.05, 3.63) is 35.5 Å². The number of phosphoric acid groups is 1. The number of nitrogens with one attached hydrogen (secondary N) is 2. The van der Waals surface area contributed by atoms with Crippen molar-refractivity contribution >= 4 is 46.1 Å². The number of nitrogen functional groups attached to an aromatic ring is 1. The summed E-state index contributed by atoms with van der Waals surface area (Å²) in [7, 11) is -9.53. The zero-order valence-corrected chi connectivity index (χ0v) is 23.2. The second-order valence-electron chi connectivity index (χ2n) is 9.79. The number of aromatic nitrogens is 8. The first-order valence-electron chi connectivity index (χ1n) is 12.6. The van der Waals surface area contributed by atoms with Crippen LogP contribution in [0, 0.1) is 0 Å². The number of hydrogen-bond acceptors (Lipinski definition) is 15. The molecule has 3 aliphatic heterocycles. The van der Waals surface area contributed by atoms with E-state index in [1.165, 1.54) is 21.8 Å². The van der Waals surface area contributed by atoms with Crippen LogP contribution in [-0.2, 0) is 37.6 Å². The summed E-state index contributed by atoms with van der Waals surface area (Å²) in [4.78, 5) is 41.0. The number of hydrogen-bond donors (Lipinski definition) is 4. The number of ether oxygens (including phenoxy) is 2. The SMILES string of the molecule is Nc1ncnc2c1ncn2[C@@H]1O[C@@H]2CNS(=O)(=O)O[C@H]3C[C@H](n4ncc5c(=O)[nH]cnc54)O[C@@H]3COP(=O)(O)O[C@H]2[C@H]1F. The van der Waals surface area contributed by atoms with Gasteiger partial charge in [-0.15, -0.1) is 0 Å². The topological polar surface area (TPSA) is 263 Å². The number of alkyl halides is 1. The highest BCUT2D eigenvalue weighted by Gasteiger charge is 2.52. The van der Waals surface area contributed by atoms with Gasteiger partial charge in [0.25, 0.3) is 5.56 Å². The van der Waals surface area contributed by atoms with Crippen LogP contribution in [0.5, 0.6) is 0 Å². The maximum atomic E-state index is 15.8. The Labute approximate surface area is 239 Å². The highest BCUT2D eigenvalue weighted by atomic mass is 32.2. The van der Waals surface area contributed by atoms with Gasteiger partial charge in [-0.25, -0.2) is 33.6 Å². The zero-order chi connectivity index (χ0) is 30.1. The van der Waals surface area contributed by atoms with Crippen molar-refractivity contribution in [2.45, 2.75) is 49.5 Å². The monoisotopic (exact) mass is 644 g/mol. The Morgan fingerprint density at radius 3 is 2.81 bits per heavy atom. The summed E-state index contributed by atoms with van der Waals surface area (Å²) in [5, 5.41) is 4.27. The van der Waals surface area contributed by atoms with Crippen LogP contribution in [-0.4, -0.2) is 96.3 Å². The third kappa shape index (κ3) is 5.09. The number of fused-ring (bicyclic) bond motifs is 4. The van der Waals surface area contributed by atoms with E-state index in [0.29, 0.717) is 0 Å². The van der Waals surface area contributed by atoms with Gasteiger partial charge in [-0.1, -0.05) is 0 Å². The molecule has 0 amide bonds. The van der Waals surface area contributed by atoms with Crippen LogP contribution in [0.15, 0.2) is 30.0 Å². The van der Waals surface area contributed by atoms with Gasteiger partial charge in [0.2, 0.25) is 0 Å². The lowest BCUT2D eigenvalue weighted by Crippen LogP contribution is -2.43. The molecule has 43 heavy (non-hydrogen) atoms. The average molecular weight is 644 g/mol. The van der Waals surface area contributed by atoms with E-state index in [1.54, 1.807) is 0 Å². The molecule has 0 saturated carbocycles. The molecular weight excluding hydrogens is 622 g/mol. The van der Waals surface area contributed by atoms with Crippen molar-refractivity contribution in [3.8, 4) is 0 Å².